The van der Waals surface area contributed by atoms with Crippen molar-refractivity contribution in [3.05, 3.63) is 54.1 Å². The quantitative estimate of drug-likeness (QED) is 0.670. The van der Waals surface area contributed by atoms with Crippen LogP contribution < -0.4 is 10.2 Å². The number of benzene rings is 2. The minimum absolute atomic E-state index is 0.250. The zero-order valence-electron chi connectivity index (χ0n) is 11.2. The normalized spacial score (nSPS) is 9.63. The summed E-state index contributed by atoms with van der Waals surface area (Å²) in [7, 11) is 0. The van der Waals surface area contributed by atoms with Gasteiger partial charge in [-0.3, -0.25) is 4.79 Å². The second-order valence-corrected chi connectivity index (χ2v) is 5.33. The number of hydrogen-bond acceptors (Lipinski definition) is 1. The fraction of sp³-hybridized carbons (Fsp3) is 0.188. The van der Waals surface area contributed by atoms with Gasteiger partial charge in [-0.05, 0) is 0 Å². The second-order valence-electron chi connectivity index (χ2n) is 4.41. The van der Waals surface area contributed by atoms with Crippen molar-refractivity contribution in [2.75, 3.05) is 0 Å². The average Bonchev–Trinajstić information content (AvgIpc) is 2.40. The summed E-state index contributed by atoms with van der Waals surface area (Å²) in [5, 5.41) is 0. The van der Waals surface area contributed by atoms with Crippen molar-refractivity contribution in [1.82, 2.24) is 0 Å². The van der Waals surface area contributed by atoms with Gasteiger partial charge in [0, 0.05) is 0 Å². The average molecular weight is 319 g/mol. The summed E-state index contributed by atoms with van der Waals surface area (Å²) in [5.41, 5.74) is 8.11. The third kappa shape index (κ3) is 4.55. The van der Waals surface area contributed by atoms with E-state index in [9.17, 15) is 0 Å². The van der Waals surface area contributed by atoms with E-state index in [4.69, 9.17) is 4.79 Å². The van der Waals surface area contributed by atoms with E-state index >= 15 is 0 Å². The Labute approximate surface area is 122 Å². The van der Waals surface area contributed by atoms with Crippen LogP contribution in [0.4, 0.5) is 0 Å². The summed E-state index contributed by atoms with van der Waals surface area (Å²) < 4.78 is 1.21. The molecule has 0 unspecified atom stereocenters. The standard InChI is InChI=1S/C15H15Se.CH3NO/c1-11(2)12-7-9-13(10-8-12)14-5-3-4-6-15(14)16;2-1-3/h3-11H,1-2H3;1H,(H2,2,3). The van der Waals surface area contributed by atoms with Crippen LogP contribution in [-0.2, 0) is 4.79 Å². The minimum atomic E-state index is 0.250. The van der Waals surface area contributed by atoms with Crippen molar-refractivity contribution in [1.29, 1.82) is 0 Å². The third-order valence-corrected chi connectivity index (χ3v) is 3.52. The summed E-state index contributed by atoms with van der Waals surface area (Å²) in [6.07, 6.45) is 0.250. The Bertz CT molecular complexity index is 521. The molecular formula is C16H18NOSe. The van der Waals surface area contributed by atoms with Crippen LogP contribution in [0, 0.1) is 0 Å². The van der Waals surface area contributed by atoms with Crippen molar-refractivity contribution in [2.45, 2.75) is 19.8 Å². The second kappa shape index (κ2) is 7.77. The Morgan fingerprint density at radius 3 is 2.05 bits per heavy atom. The van der Waals surface area contributed by atoms with Gasteiger partial charge in [0.1, 0.15) is 0 Å². The Morgan fingerprint density at radius 1 is 1.05 bits per heavy atom. The van der Waals surface area contributed by atoms with Crippen LogP contribution in [0.15, 0.2) is 48.5 Å². The molecule has 2 aromatic carbocycles. The van der Waals surface area contributed by atoms with Crippen LogP contribution in [0.1, 0.15) is 25.3 Å². The molecule has 2 rings (SSSR count). The van der Waals surface area contributed by atoms with Gasteiger partial charge in [-0.15, -0.1) is 0 Å². The molecule has 0 heterocycles. The van der Waals surface area contributed by atoms with Crippen molar-refractivity contribution in [2.24, 2.45) is 5.73 Å². The zero-order valence-corrected chi connectivity index (χ0v) is 12.9. The molecule has 1 amide bonds. The largest absolute Gasteiger partial charge is 0.372 e. The van der Waals surface area contributed by atoms with Gasteiger partial charge in [0.25, 0.3) is 0 Å². The first-order valence-corrected chi connectivity index (χ1v) is 6.97. The van der Waals surface area contributed by atoms with E-state index in [0.717, 1.165) is 0 Å². The van der Waals surface area contributed by atoms with Gasteiger partial charge >= 0.3 is 105 Å². The first-order valence-electron chi connectivity index (χ1n) is 6.12. The fourth-order valence-electron chi connectivity index (χ4n) is 1.75. The summed E-state index contributed by atoms with van der Waals surface area (Å²) in [6, 6.07) is 17.2. The SMILES string of the molecule is CC(C)c1ccc(-c2ccccc2[Se])cc1.NC=O. The summed E-state index contributed by atoms with van der Waals surface area (Å²) in [4.78, 5) is 8.58. The first-order chi connectivity index (χ1) is 9.10. The molecule has 0 saturated carbocycles. The van der Waals surface area contributed by atoms with E-state index in [1.807, 2.05) is 0 Å². The number of hydrogen-bond donors (Lipinski definition) is 1. The molecule has 0 aromatic heterocycles. The number of nitrogens with two attached hydrogens (primary N) is 1. The van der Waals surface area contributed by atoms with Gasteiger partial charge < -0.3 is 5.73 Å². The van der Waals surface area contributed by atoms with Crippen LogP contribution in [0.3, 0.4) is 0 Å². The van der Waals surface area contributed by atoms with Crippen molar-refractivity contribution < 1.29 is 4.79 Å². The number of primary amides is 1. The van der Waals surface area contributed by atoms with Gasteiger partial charge in [-0.25, -0.2) is 0 Å². The molecule has 0 aliphatic carbocycles. The number of carbonyl (C=O) groups is 1. The molecule has 2 aromatic rings. The maximum Gasteiger partial charge on any atom is 0.204 e. The molecule has 19 heavy (non-hydrogen) atoms. The Hall–Kier alpha value is -1.57. The number of amides is 1. The molecule has 0 atom stereocenters. The van der Waals surface area contributed by atoms with Crippen molar-refractivity contribution in [3.8, 4) is 11.1 Å². The molecular weight excluding hydrogens is 301 g/mol. The molecule has 0 saturated heterocycles. The van der Waals surface area contributed by atoms with Crippen molar-refractivity contribution >= 4 is 26.9 Å². The zero-order chi connectivity index (χ0) is 14.3. The van der Waals surface area contributed by atoms with E-state index in [2.05, 4.69) is 84.1 Å². The first kappa shape index (κ1) is 15.5. The fourth-order valence-corrected chi connectivity index (χ4v) is 2.31. The summed E-state index contributed by atoms with van der Waals surface area (Å²) in [5.74, 6) is 0.595. The molecule has 0 aliphatic heterocycles. The molecule has 99 valence electrons. The number of carbonyl (C=O) groups excluding carboxylic acids is 1. The predicted octanol–water partition coefficient (Wildman–Crippen LogP) is 2.37. The number of rotatable bonds is 2. The molecule has 3 heteroatoms. The molecule has 0 spiro atoms. The Morgan fingerprint density at radius 2 is 1.58 bits per heavy atom. The molecule has 0 fully saturated rings. The monoisotopic (exact) mass is 320 g/mol. The van der Waals surface area contributed by atoms with Crippen LogP contribution in [0.2, 0.25) is 0 Å². The maximum atomic E-state index is 8.58. The van der Waals surface area contributed by atoms with Gasteiger partial charge in [0.05, 0.1) is 0 Å². The van der Waals surface area contributed by atoms with Crippen LogP contribution in [-0.4, -0.2) is 22.4 Å². The molecule has 1 radical (unpaired) electrons. The van der Waals surface area contributed by atoms with Gasteiger partial charge in [-0.2, -0.15) is 0 Å². The van der Waals surface area contributed by atoms with Crippen LogP contribution >= 0.6 is 0 Å². The van der Waals surface area contributed by atoms with Gasteiger partial charge in [0.15, 0.2) is 0 Å². The molecule has 2 nitrogen and oxygen atoms in total. The van der Waals surface area contributed by atoms with E-state index in [1.165, 1.54) is 21.2 Å². The minimum Gasteiger partial charge on any atom is -0.372 e. The molecule has 0 bridgehead atoms. The van der Waals surface area contributed by atoms with E-state index < -0.39 is 0 Å². The molecule has 0 aliphatic rings. The van der Waals surface area contributed by atoms with Gasteiger partial charge in [-0.1, -0.05) is 0 Å². The summed E-state index contributed by atoms with van der Waals surface area (Å²) in [6.45, 7) is 4.44. The third-order valence-electron chi connectivity index (χ3n) is 2.78. The van der Waals surface area contributed by atoms with E-state index in [0.29, 0.717) is 5.92 Å². The smallest absolute Gasteiger partial charge is 0.204 e. The van der Waals surface area contributed by atoms with Crippen LogP contribution in [0.25, 0.3) is 11.1 Å². The topological polar surface area (TPSA) is 43.1 Å². The van der Waals surface area contributed by atoms with Crippen LogP contribution in [0.5, 0.6) is 0 Å². The van der Waals surface area contributed by atoms with E-state index in [1.54, 1.807) is 0 Å². The summed E-state index contributed by atoms with van der Waals surface area (Å²) >= 11 is 3.11. The predicted molar refractivity (Wildman–Crippen MR) is 81.6 cm³/mol. The van der Waals surface area contributed by atoms with E-state index in [-0.39, 0.29) is 6.41 Å². The Balaban J connectivity index is 0.000000550. The van der Waals surface area contributed by atoms with Crippen molar-refractivity contribution in [3.63, 3.8) is 0 Å². The molecule has 2 N–H and O–H groups in total. The maximum absolute atomic E-state index is 8.58. The van der Waals surface area contributed by atoms with Gasteiger partial charge in [0.2, 0.25) is 6.41 Å². The Kier molecular flexibility index (Phi) is 6.34.